The number of carbonyl (C=O) groups is 1. The normalized spacial score (nSPS) is 11.1. The van der Waals surface area contributed by atoms with Crippen LogP contribution in [-0.2, 0) is 14.8 Å². The Kier molecular flexibility index (Phi) is 8.59. The second kappa shape index (κ2) is 10.9. The van der Waals surface area contributed by atoms with Crippen LogP contribution in [0.3, 0.4) is 0 Å². The highest BCUT2D eigenvalue weighted by Crippen LogP contribution is 2.27. The molecule has 9 nitrogen and oxygen atoms in total. The lowest BCUT2D eigenvalue weighted by molar-refractivity contribution is -0.384. The average molecular weight is 464 g/mol. The number of amides is 1. The van der Waals surface area contributed by atoms with Crippen molar-refractivity contribution in [2.24, 2.45) is 0 Å². The maximum Gasteiger partial charge on any atom is 0.271 e. The van der Waals surface area contributed by atoms with Crippen molar-refractivity contribution in [1.82, 2.24) is 5.32 Å². The van der Waals surface area contributed by atoms with Crippen LogP contribution in [0.1, 0.15) is 29.5 Å². The van der Waals surface area contributed by atoms with Crippen molar-refractivity contribution >= 4 is 27.3 Å². The van der Waals surface area contributed by atoms with Gasteiger partial charge in [0.05, 0.1) is 23.4 Å². The topological polar surface area (TPSA) is 119 Å². The maximum absolute atomic E-state index is 12.3. The Hall–Kier alpha value is -3.14. The number of nitro benzene ring substituents is 1. The zero-order valence-corrected chi connectivity index (χ0v) is 19.6. The van der Waals surface area contributed by atoms with Crippen molar-refractivity contribution < 1.29 is 22.9 Å². The molecular formula is C22H29N3O6S. The van der Waals surface area contributed by atoms with Gasteiger partial charge in [-0.15, -0.1) is 0 Å². The number of sulfonamides is 1. The van der Waals surface area contributed by atoms with Gasteiger partial charge in [-0.2, -0.15) is 0 Å². The van der Waals surface area contributed by atoms with Gasteiger partial charge in [-0.1, -0.05) is 18.2 Å². The van der Waals surface area contributed by atoms with E-state index in [2.05, 4.69) is 5.32 Å². The van der Waals surface area contributed by atoms with E-state index in [0.29, 0.717) is 18.7 Å². The SMILES string of the molecule is Cc1ccc([N+](=O)[O-])cc1N(CCCC(=O)NCCOc1cccc(C)c1C)S(C)(=O)=O. The van der Waals surface area contributed by atoms with Crippen molar-refractivity contribution in [2.45, 2.75) is 33.6 Å². The summed E-state index contributed by atoms with van der Waals surface area (Å²) < 4.78 is 31.4. The molecule has 0 unspecified atom stereocenters. The third-order valence-corrected chi connectivity index (χ3v) is 6.25. The fourth-order valence-electron chi connectivity index (χ4n) is 3.15. The first kappa shape index (κ1) is 25.1. The monoisotopic (exact) mass is 463 g/mol. The molecular weight excluding hydrogens is 434 g/mol. The number of carbonyl (C=O) groups excluding carboxylic acids is 1. The molecule has 0 bridgehead atoms. The minimum Gasteiger partial charge on any atom is -0.491 e. The Morgan fingerprint density at radius 2 is 1.88 bits per heavy atom. The third kappa shape index (κ3) is 6.94. The summed E-state index contributed by atoms with van der Waals surface area (Å²) in [5.74, 6) is 0.550. The van der Waals surface area contributed by atoms with E-state index in [1.807, 2.05) is 32.0 Å². The lowest BCUT2D eigenvalue weighted by atomic mass is 10.1. The van der Waals surface area contributed by atoms with Crippen LogP contribution in [0, 0.1) is 30.9 Å². The third-order valence-electron chi connectivity index (χ3n) is 5.07. The van der Waals surface area contributed by atoms with Gasteiger partial charge >= 0.3 is 0 Å². The van der Waals surface area contributed by atoms with Crippen molar-refractivity contribution in [3.63, 3.8) is 0 Å². The molecule has 0 radical (unpaired) electrons. The molecule has 2 aromatic carbocycles. The summed E-state index contributed by atoms with van der Waals surface area (Å²) in [6.45, 7) is 6.33. The number of non-ortho nitro benzene ring substituents is 1. The molecule has 0 heterocycles. The Morgan fingerprint density at radius 3 is 2.53 bits per heavy atom. The number of benzene rings is 2. The van der Waals surface area contributed by atoms with E-state index in [1.54, 1.807) is 6.92 Å². The number of anilines is 1. The van der Waals surface area contributed by atoms with E-state index < -0.39 is 14.9 Å². The van der Waals surface area contributed by atoms with Crippen LogP contribution in [-0.4, -0.2) is 45.2 Å². The molecule has 1 N–H and O–H groups in total. The zero-order chi connectivity index (χ0) is 23.9. The summed E-state index contributed by atoms with van der Waals surface area (Å²) in [5, 5.41) is 13.8. The smallest absolute Gasteiger partial charge is 0.271 e. The van der Waals surface area contributed by atoms with E-state index in [4.69, 9.17) is 4.74 Å². The van der Waals surface area contributed by atoms with Crippen LogP contribution in [0.15, 0.2) is 36.4 Å². The summed E-state index contributed by atoms with van der Waals surface area (Å²) in [6, 6.07) is 9.86. The summed E-state index contributed by atoms with van der Waals surface area (Å²) in [7, 11) is -3.68. The van der Waals surface area contributed by atoms with Crippen LogP contribution in [0.2, 0.25) is 0 Å². The first-order chi connectivity index (χ1) is 15.0. The molecule has 1 amide bonds. The Morgan fingerprint density at radius 1 is 1.16 bits per heavy atom. The molecule has 0 aliphatic heterocycles. The van der Waals surface area contributed by atoms with Crippen molar-refractivity contribution in [3.05, 3.63) is 63.2 Å². The Bertz CT molecular complexity index is 1090. The van der Waals surface area contributed by atoms with Gasteiger partial charge in [0.1, 0.15) is 12.4 Å². The number of rotatable bonds is 11. The van der Waals surface area contributed by atoms with E-state index in [-0.39, 0.29) is 36.7 Å². The van der Waals surface area contributed by atoms with Gasteiger partial charge in [0.25, 0.3) is 5.69 Å². The van der Waals surface area contributed by atoms with Gasteiger partial charge in [0.15, 0.2) is 0 Å². The molecule has 2 aromatic rings. The predicted molar refractivity (Wildman–Crippen MR) is 124 cm³/mol. The molecule has 0 spiro atoms. The first-order valence-electron chi connectivity index (χ1n) is 10.2. The predicted octanol–water partition coefficient (Wildman–Crippen LogP) is 3.26. The van der Waals surface area contributed by atoms with Crippen molar-refractivity contribution in [3.8, 4) is 5.75 Å². The highest BCUT2D eigenvalue weighted by molar-refractivity contribution is 7.92. The molecule has 0 atom stereocenters. The number of nitrogens with zero attached hydrogens (tertiary/aromatic N) is 2. The van der Waals surface area contributed by atoms with Gasteiger partial charge in [0.2, 0.25) is 15.9 Å². The molecule has 0 saturated heterocycles. The Balaban J connectivity index is 1.88. The van der Waals surface area contributed by atoms with Crippen LogP contribution >= 0.6 is 0 Å². The van der Waals surface area contributed by atoms with E-state index in [9.17, 15) is 23.3 Å². The largest absolute Gasteiger partial charge is 0.491 e. The molecule has 0 fully saturated rings. The first-order valence-corrected chi connectivity index (χ1v) is 12.0. The van der Waals surface area contributed by atoms with Gasteiger partial charge in [0, 0.05) is 25.1 Å². The van der Waals surface area contributed by atoms with E-state index in [0.717, 1.165) is 27.4 Å². The molecule has 10 heteroatoms. The van der Waals surface area contributed by atoms with Crippen molar-refractivity contribution in [2.75, 3.05) is 30.3 Å². The van der Waals surface area contributed by atoms with E-state index >= 15 is 0 Å². The second-order valence-electron chi connectivity index (χ2n) is 7.56. The minimum absolute atomic E-state index is 0.0350. The summed E-state index contributed by atoms with van der Waals surface area (Å²) >= 11 is 0. The molecule has 2 rings (SSSR count). The van der Waals surface area contributed by atoms with Crippen LogP contribution < -0.4 is 14.4 Å². The number of aryl methyl sites for hydroxylation is 2. The molecule has 0 aliphatic rings. The zero-order valence-electron chi connectivity index (χ0n) is 18.8. The average Bonchev–Trinajstić information content (AvgIpc) is 2.71. The lowest BCUT2D eigenvalue weighted by Crippen LogP contribution is -2.33. The number of hydrogen-bond acceptors (Lipinski definition) is 6. The van der Waals surface area contributed by atoms with Gasteiger partial charge < -0.3 is 10.1 Å². The van der Waals surface area contributed by atoms with Crippen LogP contribution in [0.25, 0.3) is 0 Å². The Labute approximate surface area is 188 Å². The van der Waals surface area contributed by atoms with Gasteiger partial charge in [-0.3, -0.25) is 19.2 Å². The quantitative estimate of drug-likeness (QED) is 0.310. The van der Waals surface area contributed by atoms with Crippen LogP contribution in [0.5, 0.6) is 5.75 Å². The summed E-state index contributed by atoms with van der Waals surface area (Å²) in [5.41, 5.74) is 2.82. The number of nitrogens with one attached hydrogen (secondary N) is 1. The lowest BCUT2D eigenvalue weighted by Gasteiger charge is -2.24. The number of hydrogen-bond donors (Lipinski definition) is 1. The van der Waals surface area contributed by atoms with Crippen molar-refractivity contribution in [1.29, 1.82) is 0 Å². The molecule has 174 valence electrons. The maximum atomic E-state index is 12.3. The second-order valence-corrected chi connectivity index (χ2v) is 9.47. The molecule has 32 heavy (non-hydrogen) atoms. The summed E-state index contributed by atoms with van der Waals surface area (Å²) in [4.78, 5) is 22.6. The minimum atomic E-state index is -3.68. The highest BCUT2D eigenvalue weighted by atomic mass is 32.2. The molecule has 0 aromatic heterocycles. The van der Waals surface area contributed by atoms with Crippen LogP contribution in [0.4, 0.5) is 11.4 Å². The fourth-order valence-corrected chi connectivity index (χ4v) is 4.16. The standard InChI is InChI=1S/C22H29N3O6S/c1-16-7-5-8-21(18(16)3)31-14-12-23-22(26)9-6-13-24(32(4,29)30)20-15-19(25(27)28)11-10-17(20)2/h5,7-8,10-11,15H,6,9,12-14H2,1-4H3,(H,23,26). The highest BCUT2D eigenvalue weighted by Gasteiger charge is 2.22. The molecule has 0 saturated carbocycles. The number of nitro groups is 1. The fraction of sp³-hybridized carbons (Fsp3) is 0.409. The van der Waals surface area contributed by atoms with E-state index in [1.165, 1.54) is 18.2 Å². The van der Waals surface area contributed by atoms with Gasteiger partial charge in [-0.05, 0) is 49.9 Å². The molecule has 0 aliphatic carbocycles. The number of ether oxygens (including phenoxy) is 1. The van der Waals surface area contributed by atoms with Gasteiger partial charge in [-0.25, -0.2) is 8.42 Å². The summed E-state index contributed by atoms with van der Waals surface area (Å²) in [6.07, 6.45) is 1.41.